The number of likely N-dealkylation sites (tertiary alicyclic amines) is 1. The lowest BCUT2D eigenvalue weighted by Crippen LogP contribution is -2.44. The molecule has 53 heavy (non-hydrogen) atoms. The summed E-state index contributed by atoms with van der Waals surface area (Å²) in [4.78, 5) is 16.1. The van der Waals surface area contributed by atoms with Gasteiger partial charge in [-0.05, 0) is 128 Å². The molecule has 2 aliphatic rings. The number of nitrogens with zero attached hydrogens (tertiary/aromatic N) is 4. The molecular formula is C44H50N4O4S. The molecule has 1 saturated carbocycles. The van der Waals surface area contributed by atoms with Crippen LogP contribution >= 0.6 is 11.8 Å². The summed E-state index contributed by atoms with van der Waals surface area (Å²) in [6, 6.07) is 26.4. The Morgan fingerprint density at radius 3 is 2.09 bits per heavy atom. The summed E-state index contributed by atoms with van der Waals surface area (Å²) in [5.41, 5.74) is 10.3. The average Bonchev–Trinajstić information content (AvgIpc) is 4.06. The van der Waals surface area contributed by atoms with E-state index in [1.807, 2.05) is 24.5 Å². The smallest absolute Gasteiger partial charge is 0.203 e. The second-order valence-electron chi connectivity index (χ2n) is 14.0. The first-order valence-corrected chi connectivity index (χ1v) is 19.7. The van der Waals surface area contributed by atoms with Crippen molar-refractivity contribution in [3.05, 3.63) is 107 Å². The fourth-order valence-electron chi connectivity index (χ4n) is 7.60. The van der Waals surface area contributed by atoms with Crippen LogP contribution in [-0.2, 0) is 13.1 Å². The SMILES string of the molecule is COc1cc(-c2cc(CN3CCC(N(Cc4ccc(-c5cc(OC)c(OC)c(OC)c5)nc4)c4cccc(SC)c4)CC3)ccn2)cc(C2CC2)c1C. The molecule has 0 bridgehead atoms. The second-order valence-corrected chi connectivity index (χ2v) is 14.9. The van der Waals surface area contributed by atoms with Crippen LogP contribution in [0.5, 0.6) is 23.0 Å². The number of benzene rings is 3. The maximum absolute atomic E-state index is 5.78. The van der Waals surface area contributed by atoms with Crippen LogP contribution in [0.25, 0.3) is 22.5 Å². The van der Waals surface area contributed by atoms with Gasteiger partial charge in [0.15, 0.2) is 11.5 Å². The molecule has 0 atom stereocenters. The summed E-state index contributed by atoms with van der Waals surface area (Å²) in [6.45, 7) is 5.93. The van der Waals surface area contributed by atoms with E-state index in [1.54, 1.807) is 40.2 Å². The Balaban J connectivity index is 1.06. The molecule has 0 unspecified atom stereocenters. The van der Waals surface area contributed by atoms with Crippen LogP contribution in [0.3, 0.4) is 0 Å². The summed E-state index contributed by atoms with van der Waals surface area (Å²) in [5.74, 6) is 3.40. The van der Waals surface area contributed by atoms with Crippen LogP contribution < -0.4 is 23.8 Å². The molecule has 1 aliphatic heterocycles. The molecule has 0 radical (unpaired) electrons. The Hall–Kier alpha value is -4.73. The zero-order valence-corrected chi connectivity index (χ0v) is 32.5. The molecular weight excluding hydrogens is 681 g/mol. The predicted octanol–water partition coefficient (Wildman–Crippen LogP) is 9.42. The number of ether oxygens (including phenoxy) is 4. The third-order valence-electron chi connectivity index (χ3n) is 10.7. The number of aromatic nitrogens is 2. The molecule has 3 heterocycles. The van der Waals surface area contributed by atoms with Crippen LogP contribution in [-0.4, -0.2) is 68.7 Å². The minimum absolute atomic E-state index is 0.409. The van der Waals surface area contributed by atoms with Gasteiger partial charge in [-0.2, -0.15) is 0 Å². The van der Waals surface area contributed by atoms with Crippen molar-refractivity contribution in [2.75, 3.05) is 52.7 Å². The number of hydrogen-bond donors (Lipinski definition) is 0. The molecule has 276 valence electrons. The fraction of sp³-hybridized carbons (Fsp3) is 0.364. The summed E-state index contributed by atoms with van der Waals surface area (Å²) in [5, 5.41) is 0. The van der Waals surface area contributed by atoms with E-state index in [1.165, 1.54) is 45.7 Å². The van der Waals surface area contributed by atoms with Crippen LogP contribution in [0, 0.1) is 6.92 Å². The van der Waals surface area contributed by atoms with Gasteiger partial charge in [-0.1, -0.05) is 12.1 Å². The van der Waals surface area contributed by atoms with E-state index >= 15 is 0 Å². The third kappa shape index (κ3) is 8.26. The normalized spacial score (nSPS) is 14.9. The van der Waals surface area contributed by atoms with Gasteiger partial charge in [0.1, 0.15) is 5.75 Å². The van der Waals surface area contributed by atoms with Gasteiger partial charge in [0.2, 0.25) is 5.75 Å². The highest BCUT2D eigenvalue weighted by Gasteiger charge is 2.28. The molecule has 9 heteroatoms. The molecule has 0 amide bonds. The van der Waals surface area contributed by atoms with Crippen molar-refractivity contribution in [2.24, 2.45) is 0 Å². The van der Waals surface area contributed by atoms with Gasteiger partial charge in [0.25, 0.3) is 0 Å². The number of rotatable bonds is 14. The first-order valence-electron chi connectivity index (χ1n) is 18.4. The minimum Gasteiger partial charge on any atom is -0.496 e. The Morgan fingerprint density at radius 1 is 0.736 bits per heavy atom. The van der Waals surface area contributed by atoms with Crippen molar-refractivity contribution in [3.63, 3.8) is 0 Å². The van der Waals surface area contributed by atoms with E-state index in [2.05, 4.69) is 83.6 Å². The molecule has 1 aliphatic carbocycles. The van der Waals surface area contributed by atoms with Crippen LogP contribution in [0.4, 0.5) is 5.69 Å². The molecule has 2 fully saturated rings. The number of anilines is 1. The molecule has 8 nitrogen and oxygen atoms in total. The quantitative estimate of drug-likeness (QED) is 0.104. The predicted molar refractivity (Wildman–Crippen MR) is 215 cm³/mol. The lowest BCUT2D eigenvalue weighted by molar-refractivity contribution is 0.201. The Kier molecular flexibility index (Phi) is 11.4. The highest BCUT2D eigenvalue weighted by atomic mass is 32.2. The van der Waals surface area contributed by atoms with Gasteiger partial charge >= 0.3 is 0 Å². The second kappa shape index (κ2) is 16.5. The van der Waals surface area contributed by atoms with Gasteiger partial charge < -0.3 is 23.8 Å². The minimum atomic E-state index is 0.409. The summed E-state index contributed by atoms with van der Waals surface area (Å²) in [6.07, 6.45) is 10.8. The van der Waals surface area contributed by atoms with E-state index in [0.29, 0.717) is 29.2 Å². The van der Waals surface area contributed by atoms with Crippen molar-refractivity contribution in [2.45, 2.75) is 62.6 Å². The maximum Gasteiger partial charge on any atom is 0.203 e. The molecule has 1 saturated heterocycles. The van der Waals surface area contributed by atoms with Gasteiger partial charge in [-0.25, -0.2) is 0 Å². The topological polar surface area (TPSA) is 69.2 Å². The largest absolute Gasteiger partial charge is 0.496 e. The van der Waals surface area contributed by atoms with Crippen molar-refractivity contribution >= 4 is 17.4 Å². The van der Waals surface area contributed by atoms with Gasteiger partial charge in [-0.15, -0.1) is 11.8 Å². The van der Waals surface area contributed by atoms with Crippen molar-refractivity contribution in [1.29, 1.82) is 0 Å². The summed E-state index contributed by atoms with van der Waals surface area (Å²) in [7, 11) is 6.64. The maximum atomic E-state index is 5.78. The molecule has 7 rings (SSSR count). The van der Waals surface area contributed by atoms with Crippen molar-refractivity contribution in [1.82, 2.24) is 14.9 Å². The van der Waals surface area contributed by atoms with E-state index in [0.717, 1.165) is 67.3 Å². The van der Waals surface area contributed by atoms with E-state index < -0.39 is 0 Å². The number of pyridine rings is 2. The molecule has 2 aromatic heterocycles. The highest BCUT2D eigenvalue weighted by Crippen LogP contribution is 2.45. The number of piperidine rings is 1. The molecule has 3 aromatic carbocycles. The summed E-state index contributed by atoms with van der Waals surface area (Å²) >= 11 is 1.78. The van der Waals surface area contributed by atoms with Crippen LogP contribution in [0.15, 0.2) is 90.1 Å². The van der Waals surface area contributed by atoms with Crippen molar-refractivity contribution < 1.29 is 18.9 Å². The van der Waals surface area contributed by atoms with E-state index in [9.17, 15) is 0 Å². The van der Waals surface area contributed by atoms with Crippen LogP contribution in [0.1, 0.15) is 53.9 Å². The molecule has 5 aromatic rings. The third-order valence-corrected chi connectivity index (χ3v) is 11.4. The Morgan fingerprint density at radius 2 is 1.45 bits per heavy atom. The highest BCUT2D eigenvalue weighted by molar-refractivity contribution is 7.98. The number of methoxy groups -OCH3 is 4. The van der Waals surface area contributed by atoms with Crippen molar-refractivity contribution in [3.8, 4) is 45.5 Å². The molecule has 0 N–H and O–H groups in total. The van der Waals surface area contributed by atoms with Gasteiger partial charge in [0, 0.05) is 66.3 Å². The number of thioether (sulfide) groups is 1. The zero-order chi connectivity index (χ0) is 36.9. The lowest BCUT2D eigenvalue weighted by atomic mass is 9.97. The van der Waals surface area contributed by atoms with Gasteiger partial charge in [-0.3, -0.25) is 14.9 Å². The van der Waals surface area contributed by atoms with Crippen LogP contribution in [0.2, 0.25) is 0 Å². The first-order chi connectivity index (χ1) is 25.9. The Labute approximate surface area is 318 Å². The van der Waals surface area contributed by atoms with E-state index in [-0.39, 0.29) is 0 Å². The monoisotopic (exact) mass is 730 g/mol. The fourth-order valence-corrected chi connectivity index (χ4v) is 8.05. The van der Waals surface area contributed by atoms with Gasteiger partial charge in [0.05, 0.1) is 39.8 Å². The molecule has 0 spiro atoms. The lowest BCUT2D eigenvalue weighted by Gasteiger charge is -2.40. The summed E-state index contributed by atoms with van der Waals surface area (Å²) < 4.78 is 22.5. The first kappa shape index (κ1) is 36.6. The standard InChI is InChI=1S/C44H50N4O4S/c1-29-38(32-11-12-32)21-33(22-41(29)49-2)40-20-30(14-17-45-40)27-47-18-15-35(16-19-47)48(36-8-7-9-37(25-36)53-6)28-31-10-13-39(46-26-31)34-23-42(50-3)44(52-5)43(24-34)51-4/h7-10,13-14,17,20-26,32,35H,11-12,15-16,18-19,27-28H2,1-6H3. The average molecular weight is 731 g/mol. The van der Waals surface area contributed by atoms with E-state index in [4.69, 9.17) is 28.9 Å². The Bertz CT molecular complexity index is 2000. The number of hydrogen-bond acceptors (Lipinski definition) is 9. The zero-order valence-electron chi connectivity index (χ0n) is 31.7.